The van der Waals surface area contributed by atoms with E-state index in [4.69, 9.17) is 33.8 Å². The van der Waals surface area contributed by atoms with Crippen LogP contribution in [-0.4, -0.2) is 7.11 Å². The molecular weight excluding hydrogens is 307 g/mol. The number of hydrazine groups is 1. The lowest BCUT2D eigenvalue weighted by Crippen LogP contribution is -2.30. The van der Waals surface area contributed by atoms with Gasteiger partial charge in [-0.3, -0.25) is 11.3 Å². The molecule has 0 heterocycles. The van der Waals surface area contributed by atoms with E-state index in [0.29, 0.717) is 16.5 Å². The molecule has 0 bridgehead atoms. The molecule has 0 spiro atoms. The summed E-state index contributed by atoms with van der Waals surface area (Å²) in [4.78, 5) is 0. The van der Waals surface area contributed by atoms with E-state index in [-0.39, 0.29) is 6.04 Å². The standard InChI is InChI=1S/C16H18Cl2N2O/c1-10-7-12(17)3-5-14(10)15(20-19)9-11-8-13(18)4-6-16(11)21-2/h3-8,15,20H,9,19H2,1-2H3. The molecule has 0 aliphatic carbocycles. The predicted molar refractivity (Wildman–Crippen MR) is 88.0 cm³/mol. The summed E-state index contributed by atoms with van der Waals surface area (Å²) < 4.78 is 5.38. The number of methoxy groups -OCH3 is 1. The molecule has 0 fully saturated rings. The molecule has 0 radical (unpaired) electrons. The van der Waals surface area contributed by atoms with E-state index in [1.165, 1.54) is 0 Å². The van der Waals surface area contributed by atoms with Crippen molar-refractivity contribution in [3.8, 4) is 5.75 Å². The van der Waals surface area contributed by atoms with Crippen molar-refractivity contribution in [1.29, 1.82) is 0 Å². The van der Waals surface area contributed by atoms with Crippen LogP contribution in [0.4, 0.5) is 0 Å². The maximum atomic E-state index is 6.07. The van der Waals surface area contributed by atoms with Gasteiger partial charge in [-0.15, -0.1) is 0 Å². The van der Waals surface area contributed by atoms with Crippen LogP contribution >= 0.6 is 23.2 Å². The van der Waals surface area contributed by atoms with Crippen molar-refractivity contribution < 1.29 is 4.74 Å². The molecule has 5 heteroatoms. The summed E-state index contributed by atoms with van der Waals surface area (Å²) in [6.45, 7) is 2.01. The van der Waals surface area contributed by atoms with Gasteiger partial charge >= 0.3 is 0 Å². The first-order valence-electron chi connectivity index (χ1n) is 6.59. The molecule has 21 heavy (non-hydrogen) atoms. The molecule has 0 saturated heterocycles. The first-order valence-corrected chi connectivity index (χ1v) is 7.35. The van der Waals surface area contributed by atoms with Gasteiger partial charge in [0.2, 0.25) is 0 Å². The number of rotatable bonds is 5. The van der Waals surface area contributed by atoms with Gasteiger partial charge in [0.1, 0.15) is 5.75 Å². The number of halogens is 2. The highest BCUT2D eigenvalue weighted by molar-refractivity contribution is 6.31. The van der Waals surface area contributed by atoms with E-state index in [1.54, 1.807) is 7.11 Å². The number of aryl methyl sites for hydroxylation is 1. The number of hydrogen-bond donors (Lipinski definition) is 2. The Bertz CT molecular complexity index is 632. The molecule has 2 aromatic carbocycles. The Morgan fingerprint density at radius 2 is 1.81 bits per heavy atom. The van der Waals surface area contributed by atoms with Crippen LogP contribution in [-0.2, 0) is 6.42 Å². The smallest absolute Gasteiger partial charge is 0.122 e. The second kappa shape index (κ2) is 7.14. The number of benzene rings is 2. The maximum absolute atomic E-state index is 6.07. The van der Waals surface area contributed by atoms with Crippen molar-refractivity contribution in [2.24, 2.45) is 5.84 Å². The van der Waals surface area contributed by atoms with Crippen molar-refractivity contribution in [2.75, 3.05) is 7.11 Å². The van der Waals surface area contributed by atoms with Gasteiger partial charge in [0.15, 0.2) is 0 Å². The lowest BCUT2D eigenvalue weighted by Gasteiger charge is -2.20. The van der Waals surface area contributed by atoms with Crippen molar-refractivity contribution >= 4 is 23.2 Å². The van der Waals surface area contributed by atoms with Crippen LogP contribution in [0.5, 0.6) is 5.75 Å². The summed E-state index contributed by atoms with van der Waals surface area (Å²) in [5, 5.41) is 1.39. The van der Waals surface area contributed by atoms with Gasteiger partial charge in [0, 0.05) is 10.0 Å². The molecular formula is C16H18Cl2N2O. The van der Waals surface area contributed by atoms with Gasteiger partial charge < -0.3 is 4.74 Å². The quantitative estimate of drug-likeness (QED) is 0.644. The topological polar surface area (TPSA) is 47.3 Å². The summed E-state index contributed by atoms with van der Waals surface area (Å²) >= 11 is 12.1. The fourth-order valence-electron chi connectivity index (χ4n) is 2.42. The molecule has 3 nitrogen and oxygen atoms in total. The first kappa shape index (κ1) is 16.1. The molecule has 0 aliphatic rings. The largest absolute Gasteiger partial charge is 0.496 e. The Balaban J connectivity index is 2.33. The highest BCUT2D eigenvalue weighted by Gasteiger charge is 2.16. The van der Waals surface area contributed by atoms with E-state index in [9.17, 15) is 0 Å². The Kier molecular flexibility index (Phi) is 5.48. The van der Waals surface area contributed by atoms with Gasteiger partial charge in [0.05, 0.1) is 13.2 Å². The number of nitrogens with one attached hydrogen (secondary N) is 1. The van der Waals surface area contributed by atoms with Crippen molar-refractivity contribution in [2.45, 2.75) is 19.4 Å². The van der Waals surface area contributed by atoms with Crippen LogP contribution in [0.1, 0.15) is 22.7 Å². The van der Waals surface area contributed by atoms with Crippen LogP contribution in [0.15, 0.2) is 36.4 Å². The predicted octanol–water partition coefficient (Wildman–Crippen LogP) is 4.06. The molecule has 0 aromatic heterocycles. The number of ether oxygens (including phenoxy) is 1. The van der Waals surface area contributed by atoms with Gasteiger partial charge in [-0.05, 0) is 60.4 Å². The van der Waals surface area contributed by atoms with Crippen LogP contribution < -0.4 is 16.0 Å². The van der Waals surface area contributed by atoms with Crippen molar-refractivity contribution in [1.82, 2.24) is 5.43 Å². The Hall–Kier alpha value is -1.26. The third-order valence-electron chi connectivity index (χ3n) is 3.47. The van der Waals surface area contributed by atoms with Crippen LogP contribution in [0.3, 0.4) is 0 Å². The summed E-state index contributed by atoms with van der Waals surface area (Å²) in [5.41, 5.74) is 6.05. The third kappa shape index (κ3) is 3.89. The second-order valence-electron chi connectivity index (χ2n) is 4.88. The molecule has 3 N–H and O–H groups in total. The zero-order valence-electron chi connectivity index (χ0n) is 12.0. The summed E-state index contributed by atoms with van der Waals surface area (Å²) in [6.07, 6.45) is 0.669. The van der Waals surface area contributed by atoms with Gasteiger partial charge in [0.25, 0.3) is 0 Å². The zero-order valence-corrected chi connectivity index (χ0v) is 13.5. The molecule has 2 aromatic rings. The van der Waals surface area contributed by atoms with E-state index in [2.05, 4.69) is 5.43 Å². The Labute approximate surface area is 135 Å². The maximum Gasteiger partial charge on any atom is 0.122 e. The molecule has 112 valence electrons. The van der Waals surface area contributed by atoms with Crippen LogP contribution in [0.2, 0.25) is 10.0 Å². The fraction of sp³-hybridized carbons (Fsp3) is 0.250. The minimum Gasteiger partial charge on any atom is -0.496 e. The Morgan fingerprint density at radius 3 is 2.43 bits per heavy atom. The normalized spacial score (nSPS) is 12.2. The average Bonchev–Trinajstić information content (AvgIpc) is 2.45. The molecule has 2 rings (SSSR count). The van der Waals surface area contributed by atoms with Crippen molar-refractivity contribution in [3.05, 3.63) is 63.1 Å². The highest BCUT2D eigenvalue weighted by Crippen LogP contribution is 2.29. The first-order chi connectivity index (χ1) is 10.0. The Morgan fingerprint density at radius 1 is 1.14 bits per heavy atom. The van der Waals surface area contributed by atoms with Gasteiger partial charge in [-0.2, -0.15) is 0 Å². The molecule has 0 saturated carbocycles. The minimum atomic E-state index is -0.0466. The van der Waals surface area contributed by atoms with E-state index in [0.717, 1.165) is 22.4 Å². The van der Waals surface area contributed by atoms with E-state index >= 15 is 0 Å². The monoisotopic (exact) mass is 324 g/mol. The zero-order chi connectivity index (χ0) is 15.4. The molecule has 0 aliphatic heterocycles. The number of nitrogens with two attached hydrogens (primary N) is 1. The van der Waals surface area contributed by atoms with Gasteiger partial charge in [-0.25, -0.2) is 0 Å². The molecule has 1 atom stereocenters. The molecule has 0 amide bonds. The second-order valence-corrected chi connectivity index (χ2v) is 5.75. The molecule has 1 unspecified atom stereocenters. The SMILES string of the molecule is COc1ccc(Cl)cc1CC(NN)c1ccc(Cl)cc1C. The van der Waals surface area contributed by atoms with Crippen molar-refractivity contribution in [3.63, 3.8) is 0 Å². The average molecular weight is 325 g/mol. The highest BCUT2D eigenvalue weighted by atomic mass is 35.5. The lowest BCUT2D eigenvalue weighted by molar-refractivity contribution is 0.405. The van der Waals surface area contributed by atoms with E-state index in [1.807, 2.05) is 43.3 Å². The fourth-order valence-corrected chi connectivity index (χ4v) is 2.84. The summed E-state index contributed by atoms with van der Waals surface area (Å²) in [7, 11) is 1.64. The van der Waals surface area contributed by atoms with Crippen LogP contribution in [0, 0.1) is 6.92 Å². The summed E-state index contributed by atoms with van der Waals surface area (Å²) in [6, 6.07) is 11.3. The van der Waals surface area contributed by atoms with E-state index < -0.39 is 0 Å². The van der Waals surface area contributed by atoms with Gasteiger partial charge in [-0.1, -0.05) is 29.3 Å². The summed E-state index contributed by atoms with van der Waals surface area (Å²) in [5.74, 6) is 6.53. The minimum absolute atomic E-state index is 0.0466. The lowest BCUT2D eigenvalue weighted by atomic mass is 9.95. The number of hydrogen-bond acceptors (Lipinski definition) is 3. The third-order valence-corrected chi connectivity index (χ3v) is 3.95. The van der Waals surface area contributed by atoms with Crippen LogP contribution in [0.25, 0.3) is 0 Å².